The number of H-pyrrole nitrogens is 1. The first-order valence-corrected chi connectivity index (χ1v) is 10.8. The molecule has 0 spiro atoms. The van der Waals surface area contributed by atoms with Gasteiger partial charge in [0.15, 0.2) is 0 Å². The number of aromatic nitrogens is 3. The lowest BCUT2D eigenvalue weighted by Crippen LogP contribution is -2.15. The quantitative estimate of drug-likeness (QED) is 0.356. The van der Waals surface area contributed by atoms with E-state index < -0.39 is 5.97 Å². The van der Waals surface area contributed by atoms with E-state index in [0.29, 0.717) is 38.1 Å². The Morgan fingerprint density at radius 3 is 2.53 bits per heavy atom. The fraction of sp³-hybridized carbons (Fsp3) is 0.0769. The zero-order chi connectivity index (χ0) is 23.7. The second kappa shape index (κ2) is 8.96. The largest absolute Gasteiger partial charge is 0.497 e. The third-order valence-electron chi connectivity index (χ3n) is 5.38. The number of para-hydroxylation sites is 1. The Bertz CT molecular complexity index is 1600. The topological polar surface area (TPSA) is 94.2 Å². The van der Waals surface area contributed by atoms with E-state index in [4.69, 9.17) is 26.1 Å². The monoisotopic (exact) mass is 471 g/mol. The van der Waals surface area contributed by atoms with E-state index in [1.165, 1.54) is 0 Å². The normalized spacial score (nSPS) is 11.0. The van der Waals surface area contributed by atoms with E-state index in [0.717, 1.165) is 11.3 Å². The molecule has 0 amide bonds. The Balaban J connectivity index is 1.48. The van der Waals surface area contributed by atoms with Crippen molar-refractivity contribution in [2.24, 2.45) is 0 Å². The molecule has 0 atom stereocenters. The summed E-state index contributed by atoms with van der Waals surface area (Å²) in [7, 11) is 1.60. The van der Waals surface area contributed by atoms with E-state index in [2.05, 4.69) is 9.97 Å². The number of esters is 1. The summed E-state index contributed by atoms with van der Waals surface area (Å²) in [6.45, 7) is -0.203. The maximum absolute atomic E-state index is 13.1. The van der Waals surface area contributed by atoms with Crippen LogP contribution < -0.4 is 10.3 Å². The van der Waals surface area contributed by atoms with Crippen molar-refractivity contribution in [2.75, 3.05) is 7.11 Å². The minimum absolute atomic E-state index is 0.203. The van der Waals surface area contributed by atoms with Crippen LogP contribution in [-0.2, 0) is 11.3 Å². The van der Waals surface area contributed by atoms with Gasteiger partial charge in [0.05, 0.1) is 34.8 Å². The Morgan fingerprint density at radius 1 is 0.941 bits per heavy atom. The van der Waals surface area contributed by atoms with Gasteiger partial charge in [0.2, 0.25) is 0 Å². The molecule has 0 saturated heterocycles. The second-order valence-electron chi connectivity index (χ2n) is 7.55. The molecule has 8 heteroatoms. The molecule has 0 aliphatic heterocycles. The van der Waals surface area contributed by atoms with Crippen molar-refractivity contribution in [3.05, 3.63) is 99.6 Å². The SMILES string of the molecule is COc1ccc(-c2cc(C(=O)OCc3nc4cc(Cl)ccc4c(=O)[nH]3)c3ccccc3n2)cc1. The third kappa shape index (κ3) is 4.21. The summed E-state index contributed by atoms with van der Waals surface area (Å²) < 4.78 is 10.8. The molecular weight excluding hydrogens is 454 g/mol. The van der Waals surface area contributed by atoms with Gasteiger partial charge in [-0.2, -0.15) is 0 Å². The first-order chi connectivity index (χ1) is 16.5. The van der Waals surface area contributed by atoms with E-state index in [1.54, 1.807) is 31.4 Å². The number of hydrogen-bond donors (Lipinski definition) is 1. The number of hydrogen-bond acceptors (Lipinski definition) is 6. The molecule has 1 N–H and O–H groups in total. The van der Waals surface area contributed by atoms with Gasteiger partial charge in [-0.3, -0.25) is 4.79 Å². The Hall–Kier alpha value is -4.23. The Morgan fingerprint density at radius 2 is 1.74 bits per heavy atom. The van der Waals surface area contributed by atoms with E-state index in [9.17, 15) is 9.59 Å². The summed E-state index contributed by atoms with van der Waals surface area (Å²) in [6.07, 6.45) is 0. The summed E-state index contributed by atoms with van der Waals surface area (Å²) >= 11 is 6.02. The summed E-state index contributed by atoms with van der Waals surface area (Å²) in [6, 6.07) is 21.3. The van der Waals surface area contributed by atoms with Gasteiger partial charge >= 0.3 is 5.97 Å². The number of carbonyl (C=O) groups is 1. The van der Waals surface area contributed by atoms with Crippen molar-refractivity contribution in [1.29, 1.82) is 0 Å². The number of nitrogens with one attached hydrogen (secondary N) is 1. The van der Waals surface area contributed by atoms with Crippen LogP contribution in [-0.4, -0.2) is 28.0 Å². The van der Waals surface area contributed by atoms with Crippen molar-refractivity contribution in [1.82, 2.24) is 15.0 Å². The van der Waals surface area contributed by atoms with Crippen molar-refractivity contribution in [2.45, 2.75) is 6.61 Å². The molecule has 2 aromatic heterocycles. The molecule has 5 rings (SSSR count). The summed E-state index contributed by atoms with van der Waals surface area (Å²) in [5.74, 6) is 0.395. The molecule has 0 aliphatic rings. The Labute approximate surface area is 199 Å². The highest BCUT2D eigenvalue weighted by Crippen LogP contribution is 2.27. The molecule has 0 bridgehead atoms. The van der Waals surface area contributed by atoms with Crippen LogP contribution in [0.5, 0.6) is 5.75 Å². The molecule has 0 unspecified atom stereocenters. The molecule has 0 fully saturated rings. The molecule has 34 heavy (non-hydrogen) atoms. The summed E-state index contributed by atoms with van der Waals surface area (Å²) in [4.78, 5) is 37.2. The van der Waals surface area contributed by atoms with Gasteiger partial charge < -0.3 is 14.5 Å². The minimum atomic E-state index is -0.554. The number of fused-ring (bicyclic) bond motifs is 2. The number of methoxy groups -OCH3 is 1. The van der Waals surface area contributed by atoms with E-state index in [-0.39, 0.29) is 18.0 Å². The number of halogens is 1. The van der Waals surface area contributed by atoms with Crippen LogP contribution in [0.4, 0.5) is 0 Å². The molecule has 0 saturated carbocycles. The lowest BCUT2D eigenvalue weighted by atomic mass is 10.0. The Kier molecular flexibility index (Phi) is 5.69. The first kappa shape index (κ1) is 21.6. The molecule has 5 aromatic rings. The lowest BCUT2D eigenvalue weighted by molar-refractivity contribution is 0.0464. The third-order valence-corrected chi connectivity index (χ3v) is 5.61. The van der Waals surface area contributed by atoms with Crippen molar-refractivity contribution in [3.8, 4) is 17.0 Å². The predicted octanol–water partition coefficient (Wildman–Crippen LogP) is 5.16. The van der Waals surface area contributed by atoms with Crippen molar-refractivity contribution >= 4 is 39.4 Å². The van der Waals surface area contributed by atoms with Gasteiger partial charge in [-0.1, -0.05) is 29.8 Å². The van der Waals surface area contributed by atoms with E-state index in [1.807, 2.05) is 48.5 Å². The van der Waals surface area contributed by atoms with Crippen LogP contribution in [0.25, 0.3) is 33.1 Å². The number of rotatable bonds is 5. The van der Waals surface area contributed by atoms with Gasteiger partial charge in [0, 0.05) is 16.0 Å². The maximum atomic E-state index is 13.1. The average molecular weight is 472 g/mol. The molecule has 0 radical (unpaired) electrons. The smallest absolute Gasteiger partial charge is 0.339 e. The molecular formula is C26H18ClN3O4. The van der Waals surface area contributed by atoms with Crippen LogP contribution in [0, 0.1) is 0 Å². The van der Waals surface area contributed by atoms with Crippen LogP contribution in [0.2, 0.25) is 5.02 Å². The first-order valence-electron chi connectivity index (χ1n) is 10.4. The highest BCUT2D eigenvalue weighted by molar-refractivity contribution is 6.31. The molecule has 0 aliphatic carbocycles. The fourth-order valence-electron chi connectivity index (χ4n) is 3.70. The van der Waals surface area contributed by atoms with Crippen molar-refractivity contribution < 1.29 is 14.3 Å². The maximum Gasteiger partial charge on any atom is 0.339 e. The number of benzene rings is 3. The van der Waals surface area contributed by atoms with Gasteiger partial charge in [0.25, 0.3) is 5.56 Å². The zero-order valence-electron chi connectivity index (χ0n) is 18.0. The van der Waals surface area contributed by atoms with Gasteiger partial charge in [-0.05, 0) is 54.6 Å². The summed E-state index contributed by atoms with van der Waals surface area (Å²) in [5, 5.41) is 1.53. The van der Waals surface area contributed by atoms with Crippen LogP contribution in [0.1, 0.15) is 16.2 Å². The van der Waals surface area contributed by atoms with Gasteiger partial charge in [0.1, 0.15) is 18.2 Å². The number of pyridine rings is 1. The van der Waals surface area contributed by atoms with E-state index >= 15 is 0 Å². The summed E-state index contributed by atoms with van der Waals surface area (Å²) in [5.41, 5.74) is 2.58. The predicted molar refractivity (Wildman–Crippen MR) is 130 cm³/mol. The van der Waals surface area contributed by atoms with Crippen LogP contribution in [0.3, 0.4) is 0 Å². The van der Waals surface area contributed by atoms with Crippen LogP contribution in [0.15, 0.2) is 77.6 Å². The fourth-order valence-corrected chi connectivity index (χ4v) is 3.86. The molecule has 168 valence electrons. The highest BCUT2D eigenvalue weighted by atomic mass is 35.5. The molecule has 7 nitrogen and oxygen atoms in total. The van der Waals surface area contributed by atoms with Crippen LogP contribution >= 0.6 is 11.6 Å². The lowest BCUT2D eigenvalue weighted by Gasteiger charge is -2.11. The number of nitrogens with zero attached hydrogens (tertiary/aromatic N) is 2. The highest BCUT2D eigenvalue weighted by Gasteiger charge is 2.16. The number of carbonyl (C=O) groups excluding carboxylic acids is 1. The van der Waals surface area contributed by atoms with Gasteiger partial charge in [-0.25, -0.2) is 14.8 Å². The van der Waals surface area contributed by atoms with Crippen molar-refractivity contribution in [3.63, 3.8) is 0 Å². The second-order valence-corrected chi connectivity index (χ2v) is 7.99. The molecule has 2 heterocycles. The number of aromatic amines is 1. The number of ether oxygens (including phenoxy) is 2. The molecule has 3 aromatic carbocycles. The van der Waals surface area contributed by atoms with Gasteiger partial charge in [-0.15, -0.1) is 0 Å². The average Bonchev–Trinajstić information content (AvgIpc) is 2.86. The zero-order valence-corrected chi connectivity index (χ0v) is 18.8. The standard InChI is InChI=1S/C26H18ClN3O4/c1-33-17-9-6-15(7-10-17)22-13-20(18-4-2-3-5-21(18)28-22)26(32)34-14-24-29-23-12-16(27)8-11-19(23)25(31)30-24/h2-13H,14H2,1H3,(H,29,30,31). The minimum Gasteiger partial charge on any atom is -0.497 e.